The Morgan fingerprint density at radius 2 is 1.74 bits per heavy atom. The van der Waals surface area contributed by atoms with Crippen LogP contribution in [-0.2, 0) is 0 Å². The molecule has 0 saturated carbocycles. The average Bonchev–Trinajstić information content (AvgIpc) is 3.00. The molecular weight excluding hydrogens is 342 g/mol. The molecule has 0 spiro atoms. The maximum atomic E-state index is 13.1. The van der Waals surface area contributed by atoms with Crippen LogP contribution in [0, 0.1) is 0 Å². The summed E-state index contributed by atoms with van der Waals surface area (Å²) in [6, 6.07) is 18.6. The monoisotopic (exact) mass is 361 g/mol. The lowest BCUT2D eigenvalue weighted by atomic mass is 10.2. The molecule has 0 fully saturated rings. The van der Waals surface area contributed by atoms with Gasteiger partial charge >= 0.3 is 0 Å². The van der Waals surface area contributed by atoms with E-state index in [1.54, 1.807) is 37.4 Å². The normalized spacial score (nSPS) is 15.4. The van der Waals surface area contributed by atoms with Gasteiger partial charge in [-0.15, -0.1) is 0 Å². The molecule has 0 saturated heterocycles. The maximum Gasteiger partial charge on any atom is 0.262 e. The highest BCUT2D eigenvalue weighted by molar-refractivity contribution is 6.11. The van der Waals surface area contributed by atoms with E-state index in [-0.39, 0.29) is 5.91 Å². The Labute approximate surface area is 157 Å². The van der Waals surface area contributed by atoms with Crippen molar-refractivity contribution >= 4 is 17.3 Å². The summed E-state index contributed by atoms with van der Waals surface area (Å²) in [6.07, 6.45) is 1.25. The number of hydrogen-bond acceptors (Lipinski definition) is 5. The van der Waals surface area contributed by atoms with Gasteiger partial charge in [-0.1, -0.05) is 12.1 Å². The van der Waals surface area contributed by atoms with E-state index in [9.17, 15) is 4.79 Å². The minimum atomic E-state index is -0.446. The van der Waals surface area contributed by atoms with Gasteiger partial charge in [0.15, 0.2) is 6.17 Å². The molecule has 1 atom stereocenters. The summed E-state index contributed by atoms with van der Waals surface area (Å²) in [6.45, 7) is 0. The lowest BCUT2D eigenvalue weighted by molar-refractivity contribution is 0.0993. The van der Waals surface area contributed by atoms with Gasteiger partial charge < -0.3 is 14.8 Å². The summed E-state index contributed by atoms with van der Waals surface area (Å²) in [5.41, 5.74) is 2.81. The fourth-order valence-electron chi connectivity index (χ4n) is 3.24. The molecule has 4 rings (SSSR count). The summed E-state index contributed by atoms with van der Waals surface area (Å²) >= 11 is 0. The second-order valence-electron chi connectivity index (χ2n) is 6.06. The van der Waals surface area contributed by atoms with Gasteiger partial charge in [-0.25, -0.2) is 0 Å². The number of anilines is 2. The molecule has 136 valence electrons. The molecule has 0 aliphatic carbocycles. The molecule has 1 aliphatic rings. The second kappa shape index (κ2) is 6.99. The van der Waals surface area contributed by atoms with Gasteiger partial charge in [0, 0.05) is 11.9 Å². The molecule has 6 heteroatoms. The number of nitrogens with zero attached hydrogens (tertiary/aromatic N) is 2. The van der Waals surface area contributed by atoms with Crippen LogP contribution in [0.1, 0.15) is 22.2 Å². The number of carbonyl (C=O) groups excluding carboxylic acids is 1. The van der Waals surface area contributed by atoms with E-state index >= 15 is 0 Å². The van der Waals surface area contributed by atoms with E-state index in [0.29, 0.717) is 17.0 Å². The predicted molar refractivity (Wildman–Crippen MR) is 103 cm³/mol. The number of ether oxygens (including phenoxy) is 2. The van der Waals surface area contributed by atoms with Gasteiger partial charge in [-0.3, -0.25) is 14.7 Å². The molecule has 1 N–H and O–H groups in total. The SMILES string of the molecule is COc1ccc(N2C(=O)c3cccnc3[C@@H]2Nc2ccccc2OC)cc1. The van der Waals surface area contributed by atoms with Crippen molar-refractivity contribution in [2.45, 2.75) is 6.17 Å². The molecule has 6 nitrogen and oxygen atoms in total. The zero-order chi connectivity index (χ0) is 18.8. The number of aromatic nitrogens is 1. The highest BCUT2D eigenvalue weighted by Gasteiger charge is 2.39. The first kappa shape index (κ1) is 16.9. The number of hydrogen-bond donors (Lipinski definition) is 1. The zero-order valence-corrected chi connectivity index (χ0v) is 15.0. The van der Waals surface area contributed by atoms with Crippen LogP contribution in [0.5, 0.6) is 11.5 Å². The number of amides is 1. The van der Waals surface area contributed by atoms with Crippen LogP contribution >= 0.6 is 0 Å². The first-order chi connectivity index (χ1) is 13.2. The van der Waals surface area contributed by atoms with Crippen LogP contribution in [0.15, 0.2) is 66.9 Å². The van der Waals surface area contributed by atoms with E-state index in [4.69, 9.17) is 9.47 Å². The third kappa shape index (κ3) is 2.95. The summed E-state index contributed by atoms with van der Waals surface area (Å²) in [5.74, 6) is 1.33. The maximum absolute atomic E-state index is 13.1. The van der Waals surface area contributed by atoms with Crippen molar-refractivity contribution in [2.24, 2.45) is 0 Å². The molecule has 27 heavy (non-hydrogen) atoms. The van der Waals surface area contributed by atoms with Crippen molar-refractivity contribution < 1.29 is 14.3 Å². The van der Waals surface area contributed by atoms with E-state index in [1.807, 2.05) is 48.5 Å². The Bertz CT molecular complexity index is 972. The lowest BCUT2D eigenvalue weighted by Crippen LogP contribution is -2.32. The molecule has 3 aromatic rings. The van der Waals surface area contributed by atoms with Crippen LogP contribution in [0.25, 0.3) is 0 Å². The molecule has 2 aromatic carbocycles. The predicted octanol–water partition coefficient (Wildman–Crippen LogP) is 3.87. The van der Waals surface area contributed by atoms with Gasteiger partial charge in [-0.2, -0.15) is 0 Å². The van der Waals surface area contributed by atoms with Crippen molar-refractivity contribution in [2.75, 3.05) is 24.4 Å². The molecule has 2 heterocycles. The molecule has 1 aromatic heterocycles. The minimum absolute atomic E-state index is 0.101. The first-order valence-corrected chi connectivity index (χ1v) is 8.55. The van der Waals surface area contributed by atoms with Gasteiger partial charge in [-0.05, 0) is 48.5 Å². The van der Waals surface area contributed by atoms with Gasteiger partial charge in [0.1, 0.15) is 11.5 Å². The number of methoxy groups -OCH3 is 2. The molecule has 1 aliphatic heterocycles. The topological polar surface area (TPSA) is 63.7 Å². The van der Waals surface area contributed by atoms with E-state index in [2.05, 4.69) is 10.3 Å². The van der Waals surface area contributed by atoms with Crippen LogP contribution in [-0.4, -0.2) is 25.1 Å². The standard InChI is InChI=1S/C21H19N3O3/c1-26-15-11-9-14(10-12-15)24-20(19-16(21(24)25)6-5-13-22-19)23-17-7-3-4-8-18(17)27-2/h3-13,20,23H,1-2H3/t20-/m1/s1. The van der Waals surface area contributed by atoms with Crippen molar-refractivity contribution in [3.05, 3.63) is 78.1 Å². The Hall–Kier alpha value is -3.54. The quantitative estimate of drug-likeness (QED) is 0.747. The second-order valence-corrected chi connectivity index (χ2v) is 6.06. The van der Waals surface area contributed by atoms with Crippen LogP contribution in [0.4, 0.5) is 11.4 Å². The highest BCUT2D eigenvalue weighted by Crippen LogP contribution is 2.38. The highest BCUT2D eigenvalue weighted by atomic mass is 16.5. The summed E-state index contributed by atoms with van der Waals surface area (Å²) in [7, 11) is 3.23. The summed E-state index contributed by atoms with van der Waals surface area (Å²) in [4.78, 5) is 19.2. The number of carbonyl (C=O) groups is 1. The number of fused-ring (bicyclic) bond motifs is 1. The van der Waals surface area contributed by atoms with Crippen molar-refractivity contribution in [1.29, 1.82) is 0 Å². The Morgan fingerprint density at radius 1 is 0.963 bits per heavy atom. The Balaban J connectivity index is 1.77. The zero-order valence-electron chi connectivity index (χ0n) is 15.0. The number of pyridine rings is 1. The number of nitrogens with one attached hydrogen (secondary N) is 1. The third-order valence-corrected chi connectivity index (χ3v) is 4.55. The van der Waals surface area contributed by atoms with E-state index < -0.39 is 6.17 Å². The Kier molecular flexibility index (Phi) is 4.38. The van der Waals surface area contributed by atoms with Gasteiger partial charge in [0.25, 0.3) is 5.91 Å². The molecular formula is C21H19N3O3. The largest absolute Gasteiger partial charge is 0.497 e. The van der Waals surface area contributed by atoms with Gasteiger partial charge in [0.05, 0.1) is 31.2 Å². The first-order valence-electron chi connectivity index (χ1n) is 8.55. The molecule has 1 amide bonds. The Morgan fingerprint density at radius 3 is 2.48 bits per heavy atom. The van der Waals surface area contributed by atoms with Crippen molar-refractivity contribution in [3.63, 3.8) is 0 Å². The summed E-state index contributed by atoms with van der Waals surface area (Å²) < 4.78 is 10.7. The summed E-state index contributed by atoms with van der Waals surface area (Å²) in [5, 5.41) is 3.41. The van der Waals surface area contributed by atoms with E-state index in [0.717, 1.165) is 17.1 Å². The van der Waals surface area contributed by atoms with Crippen LogP contribution in [0.2, 0.25) is 0 Å². The average molecular weight is 361 g/mol. The smallest absolute Gasteiger partial charge is 0.262 e. The van der Waals surface area contributed by atoms with Crippen molar-refractivity contribution in [3.8, 4) is 11.5 Å². The minimum Gasteiger partial charge on any atom is -0.497 e. The fourth-order valence-corrected chi connectivity index (χ4v) is 3.24. The number of para-hydroxylation sites is 2. The molecule has 0 unspecified atom stereocenters. The van der Waals surface area contributed by atoms with Gasteiger partial charge in [0.2, 0.25) is 0 Å². The van der Waals surface area contributed by atoms with Crippen molar-refractivity contribution in [1.82, 2.24) is 4.98 Å². The molecule has 0 radical (unpaired) electrons. The van der Waals surface area contributed by atoms with Crippen LogP contribution < -0.4 is 19.7 Å². The lowest BCUT2D eigenvalue weighted by Gasteiger charge is -2.27. The molecule has 0 bridgehead atoms. The third-order valence-electron chi connectivity index (χ3n) is 4.55. The van der Waals surface area contributed by atoms with Crippen LogP contribution in [0.3, 0.4) is 0 Å². The number of rotatable bonds is 5. The van der Waals surface area contributed by atoms with E-state index in [1.165, 1.54) is 0 Å². The number of benzene rings is 2. The fraction of sp³-hybridized carbons (Fsp3) is 0.143.